The van der Waals surface area contributed by atoms with Crippen LogP contribution in [0.2, 0.25) is 0 Å². The van der Waals surface area contributed by atoms with Crippen molar-refractivity contribution in [3.63, 3.8) is 0 Å². The quantitative estimate of drug-likeness (QED) is 0.895. The molecule has 0 aromatic heterocycles. The maximum absolute atomic E-state index is 12.8. The molecule has 1 aliphatic carbocycles. The second-order valence-corrected chi connectivity index (χ2v) is 7.13. The van der Waals surface area contributed by atoms with Crippen molar-refractivity contribution in [3.8, 4) is 0 Å². The lowest BCUT2D eigenvalue weighted by Crippen LogP contribution is -2.59. The molecule has 1 aromatic rings. The molecule has 1 fully saturated rings. The van der Waals surface area contributed by atoms with E-state index in [0.717, 1.165) is 24.8 Å². The summed E-state index contributed by atoms with van der Waals surface area (Å²) in [5, 5.41) is 3.29. The fourth-order valence-corrected chi connectivity index (χ4v) is 3.39. The molecule has 1 aliphatic rings. The first-order valence-electron chi connectivity index (χ1n) is 7.98. The lowest BCUT2D eigenvalue weighted by molar-refractivity contribution is -0.128. The van der Waals surface area contributed by atoms with Gasteiger partial charge < -0.3 is 11.1 Å². The number of nitrogens with two attached hydrogens (primary N) is 1. The summed E-state index contributed by atoms with van der Waals surface area (Å²) < 4.78 is 0. The van der Waals surface area contributed by atoms with Crippen molar-refractivity contribution in [3.05, 3.63) is 35.9 Å². The molecule has 0 bridgehead atoms. The Balaban J connectivity index is 2.16. The van der Waals surface area contributed by atoms with E-state index in [1.807, 2.05) is 44.2 Å². The molecule has 0 radical (unpaired) electrons. The van der Waals surface area contributed by atoms with Crippen molar-refractivity contribution >= 4 is 5.91 Å². The van der Waals surface area contributed by atoms with Crippen LogP contribution in [0, 0.1) is 5.92 Å². The molecule has 1 amide bonds. The molecule has 2 atom stereocenters. The van der Waals surface area contributed by atoms with E-state index in [-0.39, 0.29) is 11.4 Å². The van der Waals surface area contributed by atoms with Gasteiger partial charge in [-0.2, -0.15) is 0 Å². The zero-order valence-corrected chi connectivity index (χ0v) is 13.5. The van der Waals surface area contributed by atoms with Crippen LogP contribution in [0.5, 0.6) is 0 Å². The molecule has 0 heterocycles. The van der Waals surface area contributed by atoms with Gasteiger partial charge in [-0.3, -0.25) is 4.79 Å². The Morgan fingerprint density at radius 2 is 2.05 bits per heavy atom. The molecule has 0 spiro atoms. The highest BCUT2D eigenvalue weighted by molar-refractivity contribution is 5.88. The fraction of sp³-hybridized carbons (Fsp3) is 0.611. The average molecular weight is 288 g/mol. The highest BCUT2D eigenvalue weighted by Crippen LogP contribution is 2.33. The third kappa shape index (κ3) is 3.46. The predicted molar refractivity (Wildman–Crippen MR) is 87.0 cm³/mol. The van der Waals surface area contributed by atoms with Crippen LogP contribution in [0.3, 0.4) is 0 Å². The van der Waals surface area contributed by atoms with Gasteiger partial charge in [-0.15, -0.1) is 0 Å². The van der Waals surface area contributed by atoms with Gasteiger partial charge in [0, 0.05) is 6.54 Å². The average Bonchev–Trinajstić information content (AvgIpc) is 2.48. The first-order chi connectivity index (χ1) is 9.89. The number of benzene rings is 1. The summed E-state index contributed by atoms with van der Waals surface area (Å²) in [5.74, 6) is 0.704. The Bertz CT molecular complexity index is 483. The molecule has 1 aromatic carbocycles. The Kier molecular flexibility index (Phi) is 4.72. The first kappa shape index (κ1) is 16.0. The molecule has 3 N–H and O–H groups in total. The van der Waals surface area contributed by atoms with Gasteiger partial charge in [-0.25, -0.2) is 0 Å². The van der Waals surface area contributed by atoms with Gasteiger partial charge in [-0.1, -0.05) is 50.1 Å². The molecule has 116 valence electrons. The zero-order valence-electron chi connectivity index (χ0n) is 13.5. The van der Waals surface area contributed by atoms with E-state index >= 15 is 0 Å². The van der Waals surface area contributed by atoms with E-state index in [1.54, 1.807) is 0 Å². The second kappa shape index (κ2) is 6.18. The van der Waals surface area contributed by atoms with Gasteiger partial charge in [0.25, 0.3) is 0 Å². The SMILES string of the molecule is CC1CCCC(CN)(NC(=O)C(C)(C)c2ccccc2)C1. The molecular formula is C18H28N2O. The van der Waals surface area contributed by atoms with Gasteiger partial charge in [-0.05, 0) is 38.2 Å². The molecular weight excluding hydrogens is 260 g/mol. The number of hydrogen-bond acceptors (Lipinski definition) is 2. The molecule has 0 aliphatic heterocycles. The number of amides is 1. The summed E-state index contributed by atoms with van der Waals surface area (Å²) >= 11 is 0. The molecule has 21 heavy (non-hydrogen) atoms. The van der Waals surface area contributed by atoms with Gasteiger partial charge in [0.05, 0.1) is 11.0 Å². The zero-order chi connectivity index (χ0) is 15.5. The molecule has 2 rings (SSSR count). The number of carbonyl (C=O) groups excluding carboxylic acids is 1. The number of rotatable bonds is 4. The molecule has 2 unspecified atom stereocenters. The van der Waals surface area contributed by atoms with Crippen LogP contribution in [0.1, 0.15) is 52.0 Å². The van der Waals surface area contributed by atoms with Crippen molar-refractivity contribution in [2.75, 3.05) is 6.54 Å². The van der Waals surface area contributed by atoms with Crippen molar-refractivity contribution in [1.82, 2.24) is 5.32 Å². The third-order valence-corrected chi connectivity index (χ3v) is 4.92. The highest BCUT2D eigenvalue weighted by atomic mass is 16.2. The van der Waals surface area contributed by atoms with Crippen LogP contribution in [0.15, 0.2) is 30.3 Å². The minimum Gasteiger partial charge on any atom is -0.349 e. The Labute approximate surface area is 128 Å². The smallest absolute Gasteiger partial charge is 0.230 e. The van der Waals surface area contributed by atoms with E-state index in [9.17, 15) is 4.79 Å². The van der Waals surface area contributed by atoms with Crippen molar-refractivity contribution in [2.24, 2.45) is 11.7 Å². The highest BCUT2D eigenvalue weighted by Gasteiger charge is 2.39. The first-order valence-corrected chi connectivity index (χ1v) is 7.98. The number of carbonyl (C=O) groups is 1. The third-order valence-electron chi connectivity index (χ3n) is 4.92. The predicted octanol–water partition coefficient (Wildman–Crippen LogP) is 2.99. The Morgan fingerprint density at radius 1 is 1.38 bits per heavy atom. The minimum atomic E-state index is -0.538. The van der Waals surface area contributed by atoms with Crippen LogP contribution in [0.25, 0.3) is 0 Å². The fourth-order valence-electron chi connectivity index (χ4n) is 3.39. The summed E-state index contributed by atoms with van der Waals surface area (Å²) in [7, 11) is 0. The van der Waals surface area contributed by atoms with Crippen LogP contribution < -0.4 is 11.1 Å². The summed E-state index contributed by atoms with van der Waals surface area (Å²) in [6.45, 7) is 6.73. The van der Waals surface area contributed by atoms with Gasteiger partial charge in [0.1, 0.15) is 0 Å². The van der Waals surface area contributed by atoms with Crippen molar-refractivity contribution in [2.45, 2.75) is 57.4 Å². The van der Waals surface area contributed by atoms with Gasteiger partial charge in [0.15, 0.2) is 0 Å². The molecule has 3 heteroatoms. The van der Waals surface area contributed by atoms with Crippen LogP contribution in [-0.4, -0.2) is 18.0 Å². The van der Waals surface area contributed by atoms with Crippen LogP contribution in [-0.2, 0) is 10.2 Å². The topological polar surface area (TPSA) is 55.1 Å². The van der Waals surface area contributed by atoms with E-state index < -0.39 is 5.41 Å². The number of hydrogen-bond donors (Lipinski definition) is 2. The maximum atomic E-state index is 12.8. The van der Waals surface area contributed by atoms with Crippen molar-refractivity contribution < 1.29 is 4.79 Å². The summed E-state index contributed by atoms with van der Waals surface area (Å²) in [5.41, 5.74) is 6.30. The monoisotopic (exact) mass is 288 g/mol. The summed E-state index contributed by atoms with van der Waals surface area (Å²) in [4.78, 5) is 12.8. The van der Waals surface area contributed by atoms with E-state index in [1.165, 1.54) is 6.42 Å². The van der Waals surface area contributed by atoms with E-state index in [4.69, 9.17) is 5.73 Å². The van der Waals surface area contributed by atoms with E-state index in [0.29, 0.717) is 12.5 Å². The standard InChI is InChI=1S/C18H28N2O/c1-14-8-7-11-18(12-14,13-19)20-16(21)17(2,3)15-9-5-4-6-10-15/h4-6,9-10,14H,7-8,11-13,19H2,1-3H3,(H,20,21). The summed E-state index contributed by atoms with van der Waals surface area (Å²) in [6.07, 6.45) is 4.36. The Hall–Kier alpha value is -1.35. The largest absolute Gasteiger partial charge is 0.349 e. The molecule has 0 saturated heterocycles. The summed E-state index contributed by atoms with van der Waals surface area (Å²) in [6, 6.07) is 9.95. The minimum absolute atomic E-state index is 0.0771. The number of nitrogens with one attached hydrogen (secondary N) is 1. The van der Waals surface area contributed by atoms with Gasteiger partial charge in [0.2, 0.25) is 5.91 Å². The van der Waals surface area contributed by atoms with Crippen LogP contribution >= 0.6 is 0 Å². The lowest BCUT2D eigenvalue weighted by Gasteiger charge is -2.42. The molecule has 3 nitrogen and oxygen atoms in total. The maximum Gasteiger partial charge on any atom is 0.230 e. The second-order valence-electron chi connectivity index (χ2n) is 7.13. The normalized spacial score (nSPS) is 26.4. The van der Waals surface area contributed by atoms with Crippen LogP contribution in [0.4, 0.5) is 0 Å². The molecule has 1 saturated carbocycles. The Morgan fingerprint density at radius 3 is 2.62 bits per heavy atom. The van der Waals surface area contributed by atoms with E-state index in [2.05, 4.69) is 12.2 Å². The van der Waals surface area contributed by atoms with Crippen molar-refractivity contribution in [1.29, 1.82) is 0 Å². The van der Waals surface area contributed by atoms with Gasteiger partial charge >= 0.3 is 0 Å². The lowest BCUT2D eigenvalue weighted by atomic mass is 9.75.